The number of benzene rings is 1. The van der Waals surface area contributed by atoms with Crippen molar-refractivity contribution < 1.29 is 23.5 Å². The van der Waals surface area contributed by atoms with Crippen molar-refractivity contribution in [3.8, 4) is 0 Å². The number of aromatic carboxylic acids is 1. The summed E-state index contributed by atoms with van der Waals surface area (Å²) in [5.41, 5.74) is -0.748. The molecule has 0 bridgehead atoms. The number of rotatable bonds is 2. The third kappa shape index (κ3) is 3.46. The Morgan fingerprint density at radius 2 is 1.71 bits per heavy atom. The number of carbonyl (C=O) groups excluding carboxylic acids is 1. The average molecular weight is 299 g/mol. The molecule has 1 aliphatic rings. The third-order valence-electron chi connectivity index (χ3n) is 3.32. The van der Waals surface area contributed by atoms with Crippen LogP contribution in [-0.2, 0) is 0 Å². The number of carboxylic acid groups (broad SMARTS) is 1. The highest BCUT2D eigenvalue weighted by molar-refractivity contribution is 6.00. The summed E-state index contributed by atoms with van der Waals surface area (Å²) >= 11 is 0. The summed E-state index contributed by atoms with van der Waals surface area (Å²) in [4.78, 5) is 26.6. The van der Waals surface area contributed by atoms with Crippen molar-refractivity contribution in [2.45, 2.75) is 0 Å². The fourth-order valence-corrected chi connectivity index (χ4v) is 2.03. The van der Waals surface area contributed by atoms with Crippen LogP contribution in [0.4, 0.5) is 19.3 Å². The lowest BCUT2D eigenvalue weighted by Gasteiger charge is -2.32. The van der Waals surface area contributed by atoms with Crippen LogP contribution in [0.15, 0.2) is 12.1 Å². The van der Waals surface area contributed by atoms with Crippen molar-refractivity contribution in [1.82, 2.24) is 9.80 Å². The summed E-state index contributed by atoms with van der Waals surface area (Å²) in [5.74, 6) is -3.93. The van der Waals surface area contributed by atoms with Gasteiger partial charge in [-0.3, -0.25) is 0 Å². The van der Waals surface area contributed by atoms with Crippen LogP contribution in [-0.4, -0.2) is 60.1 Å². The lowest BCUT2D eigenvalue weighted by atomic mass is 10.1. The lowest BCUT2D eigenvalue weighted by Crippen LogP contribution is -2.48. The van der Waals surface area contributed by atoms with Crippen LogP contribution in [0.3, 0.4) is 0 Å². The Hall–Kier alpha value is -2.22. The topological polar surface area (TPSA) is 72.9 Å². The zero-order chi connectivity index (χ0) is 15.6. The largest absolute Gasteiger partial charge is 0.478 e. The molecule has 0 atom stereocenters. The molecule has 1 aromatic rings. The van der Waals surface area contributed by atoms with Crippen molar-refractivity contribution in [3.63, 3.8) is 0 Å². The fourth-order valence-electron chi connectivity index (χ4n) is 2.03. The van der Waals surface area contributed by atoms with Crippen molar-refractivity contribution in [3.05, 3.63) is 29.3 Å². The first-order valence-corrected chi connectivity index (χ1v) is 6.35. The van der Waals surface area contributed by atoms with E-state index in [1.54, 1.807) is 0 Å². The molecule has 1 heterocycles. The normalized spacial score (nSPS) is 15.9. The first-order valence-electron chi connectivity index (χ1n) is 6.35. The Morgan fingerprint density at radius 3 is 2.29 bits per heavy atom. The fraction of sp³-hybridized carbons (Fsp3) is 0.385. The number of nitrogens with one attached hydrogen (secondary N) is 1. The summed E-state index contributed by atoms with van der Waals surface area (Å²) < 4.78 is 26.3. The molecule has 2 amide bonds. The molecule has 0 unspecified atom stereocenters. The minimum Gasteiger partial charge on any atom is -0.478 e. The number of urea groups is 1. The van der Waals surface area contributed by atoms with Gasteiger partial charge in [0.1, 0.15) is 0 Å². The van der Waals surface area contributed by atoms with E-state index in [9.17, 15) is 18.4 Å². The van der Waals surface area contributed by atoms with Crippen LogP contribution in [0, 0.1) is 11.6 Å². The molecule has 1 aliphatic heterocycles. The van der Waals surface area contributed by atoms with E-state index in [1.165, 1.54) is 4.90 Å². The van der Waals surface area contributed by atoms with Gasteiger partial charge in [0.15, 0.2) is 11.6 Å². The van der Waals surface area contributed by atoms with E-state index in [0.717, 1.165) is 0 Å². The lowest BCUT2D eigenvalue weighted by molar-refractivity contribution is 0.0697. The average Bonchev–Trinajstić information content (AvgIpc) is 2.43. The maximum Gasteiger partial charge on any atom is 0.337 e. The highest BCUT2D eigenvalue weighted by Gasteiger charge is 2.22. The molecule has 0 aliphatic carbocycles. The number of amides is 2. The van der Waals surface area contributed by atoms with Crippen LogP contribution < -0.4 is 5.32 Å². The van der Waals surface area contributed by atoms with Gasteiger partial charge in [0.2, 0.25) is 0 Å². The quantitative estimate of drug-likeness (QED) is 0.867. The number of likely N-dealkylation sites (N-methyl/N-ethyl adjacent to an activating group) is 1. The second-order valence-corrected chi connectivity index (χ2v) is 4.84. The van der Waals surface area contributed by atoms with E-state index in [-0.39, 0.29) is 5.69 Å². The SMILES string of the molecule is CN1CCN(C(=O)Nc2cc(F)c(F)cc2C(=O)O)CC1. The first kappa shape index (κ1) is 15.2. The summed E-state index contributed by atoms with van der Waals surface area (Å²) in [6.07, 6.45) is 0. The third-order valence-corrected chi connectivity index (χ3v) is 3.32. The molecule has 2 rings (SSSR count). The molecular formula is C13H15F2N3O3. The second kappa shape index (κ2) is 6.04. The second-order valence-electron chi connectivity index (χ2n) is 4.84. The Bertz CT molecular complexity index is 572. The van der Waals surface area contributed by atoms with E-state index in [1.807, 2.05) is 11.9 Å². The molecule has 1 fully saturated rings. The predicted octanol–water partition coefficient (Wildman–Crippen LogP) is 1.44. The van der Waals surface area contributed by atoms with Crippen molar-refractivity contribution >= 4 is 17.7 Å². The molecule has 21 heavy (non-hydrogen) atoms. The van der Waals surface area contributed by atoms with Gasteiger partial charge in [0.05, 0.1) is 11.3 Å². The summed E-state index contributed by atoms with van der Waals surface area (Å²) in [6, 6.07) is 0.695. The maximum atomic E-state index is 13.2. The Kier molecular flexibility index (Phi) is 4.37. The monoisotopic (exact) mass is 299 g/mol. The number of halogens is 2. The van der Waals surface area contributed by atoms with E-state index < -0.39 is 29.2 Å². The molecule has 1 aromatic carbocycles. The predicted molar refractivity (Wildman–Crippen MR) is 71.4 cm³/mol. The molecule has 6 nitrogen and oxygen atoms in total. The van der Waals surface area contributed by atoms with E-state index in [4.69, 9.17) is 5.11 Å². The minimum absolute atomic E-state index is 0.259. The number of hydrogen-bond acceptors (Lipinski definition) is 3. The smallest absolute Gasteiger partial charge is 0.337 e. The number of hydrogen-bond donors (Lipinski definition) is 2. The minimum atomic E-state index is -1.44. The van der Waals surface area contributed by atoms with Gasteiger partial charge >= 0.3 is 12.0 Å². The van der Waals surface area contributed by atoms with Crippen molar-refractivity contribution in [2.75, 3.05) is 38.5 Å². The van der Waals surface area contributed by atoms with Gasteiger partial charge in [-0.05, 0) is 13.1 Å². The Morgan fingerprint density at radius 1 is 1.14 bits per heavy atom. The Labute approximate surface area is 119 Å². The van der Waals surface area contributed by atoms with E-state index in [2.05, 4.69) is 5.32 Å². The number of anilines is 1. The van der Waals surface area contributed by atoms with Gasteiger partial charge < -0.3 is 20.2 Å². The molecule has 0 radical (unpaired) electrons. The van der Waals surface area contributed by atoms with Crippen LogP contribution >= 0.6 is 0 Å². The van der Waals surface area contributed by atoms with E-state index in [0.29, 0.717) is 38.3 Å². The standard InChI is InChI=1S/C13H15F2N3O3/c1-17-2-4-18(5-3-17)13(21)16-11-7-10(15)9(14)6-8(11)12(19)20/h6-7H,2-5H2,1H3,(H,16,21)(H,19,20). The number of carboxylic acids is 1. The van der Waals surface area contributed by atoms with Crippen LogP contribution in [0.25, 0.3) is 0 Å². The molecule has 2 N–H and O–H groups in total. The van der Waals surface area contributed by atoms with E-state index >= 15 is 0 Å². The highest BCUT2D eigenvalue weighted by atomic mass is 19.2. The zero-order valence-electron chi connectivity index (χ0n) is 11.4. The number of nitrogens with zero attached hydrogens (tertiary/aromatic N) is 2. The molecule has 1 saturated heterocycles. The summed E-state index contributed by atoms with van der Waals surface area (Å²) in [6.45, 7) is 2.34. The van der Waals surface area contributed by atoms with Gasteiger partial charge in [-0.2, -0.15) is 0 Å². The van der Waals surface area contributed by atoms with Gasteiger partial charge in [-0.15, -0.1) is 0 Å². The number of piperazine rings is 1. The van der Waals surface area contributed by atoms with Gasteiger partial charge in [-0.1, -0.05) is 0 Å². The van der Waals surface area contributed by atoms with Crippen LogP contribution in [0.1, 0.15) is 10.4 Å². The first-order chi connectivity index (χ1) is 9.88. The van der Waals surface area contributed by atoms with Crippen LogP contribution in [0.5, 0.6) is 0 Å². The summed E-state index contributed by atoms with van der Waals surface area (Å²) in [5, 5.41) is 11.3. The summed E-state index contributed by atoms with van der Waals surface area (Å²) in [7, 11) is 1.92. The molecule has 0 aromatic heterocycles. The molecular weight excluding hydrogens is 284 g/mol. The Balaban J connectivity index is 2.17. The van der Waals surface area contributed by atoms with Crippen LogP contribution in [0.2, 0.25) is 0 Å². The van der Waals surface area contributed by atoms with Gasteiger partial charge in [0.25, 0.3) is 0 Å². The molecule has 0 saturated carbocycles. The number of carbonyl (C=O) groups is 2. The van der Waals surface area contributed by atoms with Crippen molar-refractivity contribution in [1.29, 1.82) is 0 Å². The molecule has 8 heteroatoms. The maximum absolute atomic E-state index is 13.2. The highest BCUT2D eigenvalue weighted by Crippen LogP contribution is 2.21. The molecule has 114 valence electrons. The molecule has 0 spiro atoms. The zero-order valence-corrected chi connectivity index (χ0v) is 11.4. The van der Waals surface area contributed by atoms with Gasteiger partial charge in [0, 0.05) is 32.2 Å². The van der Waals surface area contributed by atoms with Gasteiger partial charge in [-0.25, -0.2) is 18.4 Å². The van der Waals surface area contributed by atoms with Crippen molar-refractivity contribution in [2.24, 2.45) is 0 Å².